The number of guanidine groups is 1. The molecular weight excluding hydrogens is 307 g/mol. The van der Waals surface area contributed by atoms with Gasteiger partial charge in [-0.15, -0.1) is 10.2 Å². The lowest BCUT2D eigenvalue weighted by molar-refractivity contribution is 0.475. The number of hydrogen-bond donors (Lipinski definition) is 1. The Morgan fingerprint density at radius 3 is 2.71 bits per heavy atom. The standard InChI is InChI=1S/C17H25FN6/c1-4-16-22-21-13-24(16)11-10-20-17(19-5-2)23(3)12-14-6-8-15(18)9-7-14/h6-9,13H,4-5,10-12H2,1-3H3,(H,19,20). The van der Waals surface area contributed by atoms with E-state index in [1.165, 1.54) is 12.1 Å². The summed E-state index contributed by atoms with van der Waals surface area (Å²) in [6.07, 6.45) is 2.59. The van der Waals surface area contributed by atoms with Crippen molar-refractivity contribution in [2.75, 3.05) is 20.1 Å². The van der Waals surface area contributed by atoms with Gasteiger partial charge in [0.05, 0.1) is 6.54 Å². The van der Waals surface area contributed by atoms with Gasteiger partial charge in [0.15, 0.2) is 5.96 Å². The van der Waals surface area contributed by atoms with E-state index in [1.807, 2.05) is 23.4 Å². The zero-order valence-electron chi connectivity index (χ0n) is 14.5. The summed E-state index contributed by atoms with van der Waals surface area (Å²) in [6.45, 7) is 6.94. The molecule has 1 aromatic carbocycles. The van der Waals surface area contributed by atoms with Crippen LogP contribution in [-0.2, 0) is 19.5 Å². The van der Waals surface area contributed by atoms with Gasteiger partial charge in [-0.05, 0) is 24.6 Å². The predicted octanol–water partition coefficient (Wildman–Crippen LogP) is 2.08. The molecule has 24 heavy (non-hydrogen) atoms. The maximum atomic E-state index is 13.0. The minimum atomic E-state index is -0.220. The van der Waals surface area contributed by atoms with Crippen molar-refractivity contribution in [3.63, 3.8) is 0 Å². The van der Waals surface area contributed by atoms with Crippen molar-refractivity contribution in [3.05, 3.63) is 47.8 Å². The first-order chi connectivity index (χ1) is 11.6. The molecule has 2 rings (SSSR count). The Morgan fingerprint density at radius 2 is 2.04 bits per heavy atom. The Bertz CT molecular complexity index is 649. The fourth-order valence-corrected chi connectivity index (χ4v) is 2.41. The monoisotopic (exact) mass is 332 g/mol. The minimum absolute atomic E-state index is 0.220. The molecule has 7 heteroatoms. The highest BCUT2D eigenvalue weighted by Gasteiger charge is 2.07. The number of aliphatic imine (C=N–C) groups is 1. The summed E-state index contributed by atoms with van der Waals surface area (Å²) in [5.74, 6) is 1.57. The average Bonchev–Trinajstić information content (AvgIpc) is 3.03. The van der Waals surface area contributed by atoms with Crippen LogP contribution in [-0.4, -0.2) is 45.8 Å². The van der Waals surface area contributed by atoms with Crippen molar-refractivity contribution in [1.29, 1.82) is 0 Å². The molecule has 6 nitrogen and oxygen atoms in total. The SMILES string of the molecule is CCNC(=NCCn1cnnc1CC)N(C)Cc1ccc(F)cc1. The summed E-state index contributed by atoms with van der Waals surface area (Å²) in [5, 5.41) is 11.3. The summed E-state index contributed by atoms with van der Waals surface area (Å²) < 4.78 is 15.0. The summed E-state index contributed by atoms with van der Waals surface area (Å²) in [5.41, 5.74) is 1.04. The maximum absolute atomic E-state index is 13.0. The number of aromatic nitrogens is 3. The Balaban J connectivity index is 1.97. The van der Waals surface area contributed by atoms with Gasteiger partial charge in [-0.25, -0.2) is 4.39 Å². The highest BCUT2D eigenvalue weighted by atomic mass is 19.1. The van der Waals surface area contributed by atoms with Gasteiger partial charge in [-0.3, -0.25) is 4.99 Å². The van der Waals surface area contributed by atoms with Gasteiger partial charge in [-0.2, -0.15) is 0 Å². The van der Waals surface area contributed by atoms with Crippen LogP contribution in [0, 0.1) is 5.82 Å². The van der Waals surface area contributed by atoms with Gasteiger partial charge in [0.2, 0.25) is 0 Å². The van der Waals surface area contributed by atoms with Crippen LogP contribution in [0.1, 0.15) is 25.2 Å². The second-order valence-electron chi connectivity index (χ2n) is 5.51. The Kier molecular flexibility index (Phi) is 6.72. The van der Waals surface area contributed by atoms with E-state index in [-0.39, 0.29) is 5.82 Å². The van der Waals surface area contributed by atoms with E-state index >= 15 is 0 Å². The molecule has 0 aliphatic heterocycles. The molecule has 0 aliphatic rings. The van der Waals surface area contributed by atoms with Gasteiger partial charge >= 0.3 is 0 Å². The summed E-state index contributed by atoms with van der Waals surface area (Å²) >= 11 is 0. The Labute approximate surface area is 142 Å². The molecule has 0 saturated heterocycles. The predicted molar refractivity (Wildman–Crippen MR) is 93.2 cm³/mol. The zero-order chi connectivity index (χ0) is 17.4. The Hall–Kier alpha value is -2.44. The van der Waals surface area contributed by atoms with Crippen molar-refractivity contribution < 1.29 is 4.39 Å². The van der Waals surface area contributed by atoms with Crippen molar-refractivity contribution in [2.45, 2.75) is 33.4 Å². The third-order valence-electron chi connectivity index (χ3n) is 3.64. The lowest BCUT2D eigenvalue weighted by atomic mass is 10.2. The van der Waals surface area contributed by atoms with E-state index in [2.05, 4.69) is 27.4 Å². The van der Waals surface area contributed by atoms with E-state index in [0.29, 0.717) is 13.1 Å². The van der Waals surface area contributed by atoms with Crippen molar-refractivity contribution in [2.24, 2.45) is 4.99 Å². The van der Waals surface area contributed by atoms with Gasteiger partial charge in [0.25, 0.3) is 0 Å². The molecule has 2 aromatic rings. The molecule has 1 heterocycles. The number of halogens is 1. The highest BCUT2D eigenvalue weighted by molar-refractivity contribution is 5.79. The van der Waals surface area contributed by atoms with Crippen LogP contribution < -0.4 is 5.32 Å². The normalized spacial score (nSPS) is 11.6. The number of benzene rings is 1. The van der Waals surface area contributed by atoms with Crippen LogP contribution in [0.2, 0.25) is 0 Å². The van der Waals surface area contributed by atoms with E-state index in [0.717, 1.165) is 36.9 Å². The maximum Gasteiger partial charge on any atom is 0.194 e. The van der Waals surface area contributed by atoms with E-state index in [9.17, 15) is 4.39 Å². The molecule has 0 spiro atoms. The number of nitrogens with zero attached hydrogens (tertiary/aromatic N) is 5. The topological polar surface area (TPSA) is 58.3 Å². The number of aryl methyl sites for hydroxylation is 1. The first-order valence-corrected chi connectivity index (χ1v) is 8.24. The number of hydrogen-bond acceptors (Lipinski definition) is 3. The van der Waals surface area contributed by atoms with Crippen LogP contribution in [0.4, 0.5) is 4.39 Å². The van der Waals surface area contributed by atoms with Crippen LogP contribution in [0.5, 0.6) is 0 Å². The number of nitrogens with one attached hydrogen (secondary N) is 1. The van der Waals surface area contributed by atoms with Gasteiger partial charge < -0.3 is 14.8 Å². The molecule has 0 bridgehead atoms. The zero-order valence-corrected chi connectivity index (χ0v) is 14.5. The molecule has 0 fully saturated rings. The second-order valence-corrected chi connectivity index (χ2v) is 5.51. The first kappa shape index (κ1) is 17.9. The largest absolute Gasteiger partial charge is 0.357 e. The summed E-state index contributed by atoms with van der Waals surface area (Å²) in [6, 6.07) is 6.54. The first-order valence-electron chi connectivity index (χ1n) is 8.24. The third-order valence-corrected chi connectivity index (χ3v) is 3.64. The summed E-state index contributed by atoms with van der Waals surface area (Å²) in [7, 11) is 1.97. The molecule has 0 amide bonds. The van der Waals surface area contributed by atoms with Crippen LogP contribution in [0.15, 0.2) is 35.6 Å². The molecule has 130 valence electrons. The van der Waals surface area contributed by atoms with Gasteiger partial charge in [0, 0.05) is 33.1 Å². The average molecular weight is 332 g/mol. The minimum Gasteiger partial charge on any atom is -0.357 e. The molecule has 0 unspecified atom stereocenters. The Morgan fingerprint density at radius 1 is 1.29 bits per heavy atom. The van der Waals surface area contributed by atoms with Gasteiger partial charge in [0.1, 0.15) is 18.0 Å². The van der Waals surface area contributed by atoms with Crippen molar-refractivity contribution in [1.82, 2.24) is 25.0 Å². The lowest BCUT2D eigenvalue weighted by Gasteiger charge is -2.22. The summed E-state index contributed by atoms with van der Waals surface area (Å²) in [4.78, 5) is 6.69. The molecule has 0 radical (unpaired) electrons. The van der Waals surface area contributed by atoms with E-state index in [1.54, 1.807) is 18.5 Å². The van der Waals surface area contributed by atoms with Crippen LogP contribution in [0.3, 0.4) is 0 Å². The van der Waals surface area contributed by atoms with Crippen LogP contribution >= 0.6 is 0 Å². The van der Waals surface area contributed by atoms with Crippen molar-refractivity contribution >= 4 is 5.96 Å². The highest BCUT2D eigenvalue weighted by Crippen LogP contribution is 2.06. The fraction of sp³-hybridized carbons (Fsp3) is 0.471. The second kappa shape index (κ2) is 9.00. The van der Waals surface area contributed by atoms with Crippen molar-refractivity contribution in [3.8, 4) is 0 Å². The number of rotatable bonds is 7. The fourth-order valence-electron chi connectivity index (χ4n) is 2.41. The molecule has 1 aromatic heterocycles. The third kappa shape index (κ3) is 5.04. The van der Waals surface area contributed by atoms with Crippen LogP contribution in [0.25, 0.3) is 0 Å². The molecule has 1 N–H and O–H groups in total. The smallest absolute Gasteiger partial charge is 0.194 e. The van der Waals surface area contributed by atoms with Gasteiger partial charge in [-0.1, -0.05) is 19.1 Å². The molecule has 0 aliphatic carbocycles. The molecule has 0 atom stereocenters. The lowest BCUT2D eigenvalue weighted by Crippen LogP contribution is -2.38. The molecule has 0 saturated carbocycles. The van der Waals surface area contributed by atoms with E-state index < -0.39 is 0 Å². The van der Waals surface area contributed by atoms with E-state index in [4.69, 9.17) is 0 Å². The quantitative estimate of drug-likeness (QED) is 0.623. The molecular formula is C17H25FN6.